The number of hydrogen-bond donors (Lipinski definition) is 0. The Morgan fingerprint density at radius 3 is 2.58 bits per heavy atom. The van der Waals surface area contributed by atoms with Crippen LogP contribution < -0.4 is 0 Å². The van der Waals surface area contributed by atoms with E-state index in [1.807, 2.05) is 18.2 Å². The first-order chi connectivity index (χ1) is 9.22. The molecule has 0 spiro atoms. The van der Waals surface area contributed by atoms with Crippen LogP contribution in [0.1, 0.15) is 16.2 Å². The topological polar surface area (TPSA) is 43.1 Å². The molecule has 94 valence electrons. The fraction of sp³-hybridized carbons (Fsp3) is 0.0667. The molecule has 3 aromatic rings. The maximum atomic E-state index is 12.8. The van der Waals surface area contributed by atoms with Gasteiger partial charge in [-0.05, 0) is 36.4 Å². The minimum atomic E-state index is -0.363. The Bertz CT molecular complexity index is 698. The Kier molecular flexibility index (Phi) is 2.83. The fourth-order valence-corrected chi connectivity index (χ4v) is 1.87. The molecule has 0 aliphatic rings. The molecule has 4 heteroatoms. The monoisotopic (exact) mass is 255 g/mol. The van der Waals surface area contributed by atoms with Crippen molar-refractivity contribution in [3.63, 3.8) is 0 Å². The summed E-state index contributed by atoms with van der Waals surface area (Å²) >= 11 is 0. The molecule has 1 heterocycles. The first-order valence-electron chi connectivity index (χ1n) is 5.85. The number of carbonyl (C=O) groups excluding carboxylic acids is 1. The van der Waals surface area contributed by atoms with E-state index >= 15 is 0 Å². The van der Waals surface area contributed by atoms with Crippen LogP contribution in [0.3, 0.4) is 0 Å². The molecular weight excluding hydrogens is 245 g/mol. The molecule has 19 heavy (non-hydrogen) atoms. The number of Topliss-reactive ketones (excluding diaryl/α,β-unsaturated/α-hetero) is 1. The predicted molar refractivity (Wildman–Crippen MR) is 68.4 cm³/mol. The lowest BCUT2D eigenvalue weighted by Gasteiger charge is -1.97. The maximum Gasteiger partial charge on any atom is 0.203 e. The SMILES string of the molecule is O=C(Cc1nc2ccccc2o1)c1ccc(F)cc1. The summed E-state index contributed by atoms with van der Waals surface area (Å²) in [6.45, 7) is 0. The summed E-state index contributed by atoms with van der Waals surface area (Å²) in [6.07, 6.45) is 0.0698. The van der Waals surface area contributed by atoms with Gasteiger partial charge in [0.05, 0.1) is 6.42 Å². The summed E-state index contributed by atoms with van der Waals surface area (Å²) in [5.41, 5.74) is 1.83. The molecule has 0 saturated heterocycles. The third-order valence-electron chi connectivity index (χ3n) is 2.82. The molecule has 0 N–H and O–H groups in total. The number of hydrogen-bond acceptors (Lipinski definition) is 3. The number of ketones is 1. The third-order valence-corrected chi connectivity index (χ3v) is 2.82. The van der Waals surface area contributed by atoms with Crippen LogP contribution in [0, 0.1) is 5.82 Å². The molecule has 0 bridgehead atoms. The highest BCUT2D eigenvalue weighted by molar-refractivity contribution is 5.97. The zero-order valence-electron chi connectivity index (χ0n) is 9.97. The van der Waals surface area contributed by atoms with Gasteiger partial charge < -0.3 is 4.42 Å². The van der Waals surface area contributed by atoms with Gasteiger partial charge in [0.15, 0.2) is 11.4 Å². The molecule has 0 atom stereocenters. The Labute approximate surface area is 108 Å². The van der Waals surface area contributed by atoms with Crippen molar-refractivity contribution in [2.75, 3.05) is 0 Å². The number of fused-ring (bicyclic) bond motifs is 1. The van der Waals surface area contributed by atoms with Gasteiger partial charge in [-0.2, -0.15) is 0 Å². The lowest BCUT2D eigenvalue weighted by atomic mass is 10.1. The number of benzene rings is 2. The van der Waals surface area contributed by atoms with Crippen LogP contribution in [0.25, 0.3) is 11.1 Å². The van der Waals surface area contributed by atoms with Gasteiger partial charge in [-0.25, -0.2) is 9.37 Å². The summed E-state index contributed by atoms with van der Waals surface area (Å²) in [5, 5.41) is 0. The number of para-hydroxylation sites is 2. The fourth-order valence-electron chi connectivity index (χ4n) is 1.87. The van der Waals surface area contributed by atoms with Crippen LogP contribution >= 0.6 is 0 Å². The maximum absolute atomic E-state index is 12.8. The number of carbonyl (C=O) groups is 1. The molecule has 0 unspecified atom stereocenters. The highest BCUT2D eigenvalue weighted by atomic mass is 19.1. The minimum absolute atomic E-state index is 0.0698. The molecule has 0 radical (unpaired) electrons. The Balaban J connectivity index is 1.84. The van der Waals surface area contributed by atoms with Gasteiger partial charge in [0.1, 0.15) is 11.3 Å². The van der Waals surface area contributed by atoms with Crippen molar-refractivity contribution < 1.29 is 13.6 Å². The predicted octanol–water partition coefficient (Wildman–Crippen LogP) is 3.39. The molecule has 3 nitrogen and oxygen atoms in total. The molecule has 2 aromatic carbocycles. The lowest BCUT2D eigenvalue weighted by Crippen LogP contribution is -2.03. The zero-order chi connectivity index (χ0) is 13.2. The molecule has 0 saturated carbocycles. The van der Waals surface area contributed by atoms with Gasteiger partial charge >= 0.3 is 0 Å². The zero-order valence-corrected chi connectivity index (χ0v) is 9.97. The van der Waals surface area contributed by atoms with E-state index in [0.29, 0.717) is 17.0 Å². The molecule has 0 aliphatic carbocycles. The van der Waals surface area contributed by atoms with Gasteiger partial charge in [-0.15, -0.1) is 0 Å². The number of nitrogens with zero attached hydrogens (tertiary/aromatic N) is 1. The molecular formula is C15H10FNO2. The van der Waals surface area contributed by atoms with Gasteiger partial charge in [-0.3, -0.25) is 4.79 Å². The number of halogens is 1. The molecule has 0 fully saturated rings. The van der Waals surface area contributed by atoms with Crippen molar-refractivity contribution in [2.24, 2.45) is 0 Å². The second kappa shape index (κ2) is 4.65. The van der Waals surface area contributed by atoms with E-state index in [1.54, 1.807) is 6.07 Å². The number of aromatic nitrogens is 1. The summed E-state index contributed by atoms with van der Waals surface area (Å²) in [4.78, 5) is 16.2. The van der Waals surface area contributed by atoms with Crippen LogP contribution in [-0.2, 0) is 6.42 Å². The van der Waals surface area contributed by atoms with Gasteiger partial charge in [0, 0.05) is 5.56 Å². The van der Waals surface area contributed by atoms with Gasteiger partial charge in [-0.1, -0.05) is 12.1 Å². The normalized spacial score (nSPS) is 10.8. The van der Waals surface area contributed by atoms with Crippen LogP contribution in [0.5, 0.6) is 0 Å². The molecule has 0 aliphatic heterocycles. The van der Waals surface area contributed by atoms with Crippen LogP contribution in [-0.4, -0.2) is 10.8 Å². The van der Waals surface area contributed by atoms with Crippen molar-refractivity contribution >= 4 is 16.9 Å². The van der Waals surface area contributed by atoms with Crippen LogP contribution in [0.4, 0.5) is 4.39 Å². The quantitative estimate of drug-likeness (QED) is 0.674. The van der Waals surface area contributed by atoms with E-state index in [0.717, 1.165) is 5.52 Å². The average molecular weight is 255 g/mol. The van der Waals surface area contributed by atoms with Crippen molar-refractivity contribution in [1.82, 2.24) is 4.98 Å². The van der Waals surface area contributed by atoms with E-state index in [9.17, 15) is 9.18 Å². The van der Waals surface area contributed by atoms with Crippen molar-refractivity contribution in [2.45, 2.75) is 6.42 Å². The Hall–Kier alpha value is -2.49. The Morgan fingerprint density at radius 1 is 1.11 bits per heavy atom. The van der Waals surface area contributed by atoms with Crippen molar-refractivity contribution in [3.8, 4) is 0 Å². The summed E-state index contributed by atoms with van der Waals surface area (Å²) in [6, 6.07) is 12.8. The first kappa shape index (κ1) is 11.6. The lowest BCUT2D eigenvalue weighted by molar-refractivity contribution is 0.0986. The first-order valence-corrected chi connectivity index (χ1v) is 5.85. The summed E-state index contributed by atoms with van der Waals surface area (Å²) < 4.78 is 18.3. The smallest absolute Gasteiger partial charge is 0.203 e. The van der Waals surface area contributed by atoms with E-state index < -0.39 is 0 Å². The minimum Gasteiger partial charge on any atom is -0.440 e. The van der Waals surface area contributed by atoms with Crippen LogP contribution in [0.2, 0.25) is 0 Å². The number of rotatable bonds is 3. The van der Waals surface area contributed by atoms with Gasteiger partial charge in [0.25, 0.3) is 0 Å². The average Bonchev–Trinajstić information content (AvgIpc) is 2.81. The van der Waals surface area contributed by atoms with E-state index in [2.05, 4.69) is 4.98 Å². The van der Waals surface area contributed by atoms with E-state index in [4.69, 9.17) is 4.42 Å². The van der Waals surface area contributed by atoms with E-state index in [1.165, 1.54) is 24.3 Å². The van der Waals surface area contributed by atoms with E-state index in [-0.39, 0.29) is 18.0 Å². The summed E-state index contributed by atoms with van der Waals surface area (Å²) in [7, 11) is 0. The number of oxazole rings is 1. The second-order valence-corrected chi connectivity index (χ2v) is 4.18. The molecule has 0 amide bonds. The van der Waals surface area contributed by atoms with Crippen molar-refractivity contribution in [1.29, 1.82) is 0 Å². The summed E-state index contributed by atoms with van der Waals surface area (Å²) in [5.74, 6) is -0.138. The Morgan fingerprint density at radius 2 is 1.84 bits per heavy atom. The second-order valence-electron chi connectivity index (χ2n) is 4.18. The largest absolute Gasteiger partial charge is 0.440 e. The highest BCUT2D eigenvalue weighted by Crippen LogP contribution is 2.16. The highest BCUT2D eigenvalue weighted by Gasteiger charge is 2.12. The molecule has 1 aromatic heterocycles. The standard InChI is InChI=1S/C15H10FNO2/c16-11-7-5-10(6-8-11)13(18)9-15-17-12-3-1-2-4-14(12)19-15/h1-8H,9H2. The van der Waals surface area contributed by atoms with Gasteiger partial charge in [0.2, 0.25) is 5.89 Å². The molecule has 3 rings (SSSR count). The van der Waals surface area contributed by atoms with Crippen LogP contribution in [0.15, 0.2) is 52.9 Å². The third kappa shape index (κ3) is 2.38. The van der Waals surface area contributed by atoms with Crippen molar-refractivity contribution in [3.05, 3.63) is 65.8 Å².